The maximum absolute atomic E-state index is 14.1. The van der Waals surface area contributed by atoms with Gasteiger partial charge in [-0.05, 0) is 48.0 Å². The van der Waals surface area contributed by atoms with Crippen LogP contribution < -0.4 is 16.0 Å². The molecule has 0 aromatic carbocycles. The Kier molecular flexibility index (Phi) is 9.09. The summed E-state index contributed by atoms with van der Waals surface area (Å²) in [6, 6.07) is 0.0173. The Morgan fingerprint density at radius 3 is 2.63 bits per heavy atom. The van der Waals surface area contributed by atoms with Crippen molar-refractivity contribution >= 4 is 23.7 Å². The zero-order valence-corrected chi connectivity index (χ0v) is 22.5. The summed E-state index contributed by atoms with van der Waals surface area (Å²) in [7, 11) is 1.35. The average Bonchev–Trinajstić information content (AvgIpc) is 3.41. The summed E-state index contributed by atoms with van der Waals surface area (Å²) in [4.78, 5) is 43.9. The first kappa shape index (κ1) is 30.1. The number of methoxy groups -OCH3 is 1. The fraction of sp³-hybridized carbons (Fsp3) is 0.600. The van der Waals surface area contributed by atoms with Crippen LogP contribution in [0.4, 0.5) is 28.2 Å². The van der Waals surface area contributed by atoms with Gasteiger partial charge in [0.15, 0.2) is 5.69 Å². The molecule has 1 aliphatic carbocycles. The highest BCUT2D eigenvalue weighted by atomic mass is 19.3. The van der Waals surface area contributed by atoms with Gasteiger partial charge in [0.2, 0.25) is 11.8 Å². The number of pyridine rings is 1. The number of nitrogens with one attached hydrogen (secondary N) is 3. The largest absolute Gasteiger partial charge is 0.382 e. The van der Waals surface area contributed by atoms with Gasteiger partial charge in [0, 0.05) is 26.1 Å². The molecule has 2 fully saturated rings. The number of amides is 4. The molecule has 0 bridgehead atoms. The van der Waals surface area contributed by atoms with Crippen molar-refractivity contribution in [1.29, 1.82) is 0 Å². The van der Waals surface area contributed by atoms with Crippen LogP contribution in [-0.4, -0.2) is 82.7 Å². The minimum absolute atomic E-state index is 0.00415. The van der Waals surface area contributed by atoms with Gasteiger partial charge in [-0.1, -0.05) is 12.1 Å². The molecule has 3 N–H and O–H groups in total. The van der Waals surface area contributed by atoms with Crippen molar-refractivity contribution in [3.05, 3.63) is 35.3 Å². The van der Waals surface area contributed by atoms with E-state index in [9.17, 15) is 31.9 Å². The number of urea groups is 1. The van der Waals surface area contributed by atoms with Gasteiger partial charge in [-0.25, -0.2) is 32.0 Å². The van der Waals surface area contributed by atoms with E-state index in [4.69, 9.17) is 4.74 Å². The van der Waals surface area contributed by atoms with Crippen molar-refractivity contribution in [1.82, 2.24) is 30.8 Å². The van der Waals surface area contributed by atoms with E-state index >= 15 is 0 Å². The summed E-state index contributed by atoms with van der Waals surface area (Å²) in [5, 5.41) is 14.6. The fourth-order valence-electron chi connectivity index (χ4n) is 5.00. The van der Waals surface area contributed by atoms with Crippen LogP contribution in [0.1, 0.15) is 60.4 Å². The van der Waals surface area contributed by atoms with E-state index in [1.165, 1.54) is 25.4 Å². The normalized spacial score (nSPS) is 20.1. The lowest BCUT2D eigenvalue weighted by Gasteiger charge is -2.38. The molecule has 224 valence electrons. The van der Waals surface area contributed by atoms with E-state index in [1.807, 2.05) is 0 Å². The second-order valence-corrected chi connectivity index (χ2v) is 10.1. The Balaban J connectivity index is 1.56. The van der Waals surface area contributed by atoms with E-state index < -0.39 is 73.6 Å². The third-order valence-electron chi connectivity index (χ3n) is 7.19. The molecular formula is C25H31F4N7O5. The summed E-state index contributed by atoms with van der Waals surface area (Å²) in [6.07, 6.45) is 0.710. The Bertz CT molecular complexity index is 1250. The summed E-state index contributed by atoms with van der Waals surface area (Å²) in [5.41, 5.74) is 0.498. The maximum atomic E-state index is 14.1. The minimum Gasteiger partial charge on any atom is -0.382 e. The second kappa shape index (κ2) is 12.4. The van der Waals surface area contributed by atoms with Crippen LogP contribution in [0.5, 0.6) is 0 Å². The molecule has 2 atom stereocenters. The van der Waals surface area contributed by atoms with Crippen LogP contribution in [-0.2, 0) is 16.0 Å². The number of ether oxygens (including phenoxy) is 1. The quantitative estimate of drug-likeness (QED) is 0.360. The highest BCUT2D eigenvalue weighted by Crippen LogP contribution is 2.38. The third kappa shape index (κ3) is 7.28. The lowest BCUT2D eigenvalue weighted by atomic mass is 9.81. The van der Waals surface area contributed by atoms with E-state index in [0.717, 1.165) is 4.90 Å². The maximum Gasteiger partial charge on any atom is 0.318 e. The standard InChI is InChI=1S/C25H31F4N7O5/c1-3-16-20(35-41-34-16)22(38)33-19(14-4-7-24(26,27)8-5-14)21(37)32-18-10-15(6-9-30-18)17(11-40-2)36-13-25(28,29)12-31-23(36)39/h6,9-10,14,17,19H,3-5,7-8,11-13H2,1-2H3,(H,31,39)(H,33,38)(H,30,32,37)/t17-,19-/m1/s1. The first-order chi connectivity index (χ1) is 19.4. The average molecular weight is 586 g/mol. The number of anilines is 1. The number of nitrogens with zero attached hydrogens (tertiary/aromatic N) is 4. The molecule has 4 amide bonds. The molecule has 41 heavy (non-hydrogen) atoms. The highest BCUT2D eigenvalue weighted by Gasteiger charge is 2.43. The van der Waals surface area contributed by atoms with Gasteiger partial charge in [-0.3, -0.25) is 9.59 Å². The van der Waals surface area contributed by atoms with Crippen molar-refractivity contribution < 1.29 is 41.3 Å². The Morgan fingerprint density at radius 1 is 1.22 bits per heavy atom. The summed E-state index contributed by atoms with van der Waals surface area (Å²) in [6.45, 7) is -0.0206. The number of rotatable bonds is 10. The molecule has 3 heterocycles. The topological polar surface area (TPSA) is 152 Å². The third-order valence-corrected chi connectivity index (χ3v) is 7.19. The van der Waals surface area contributed by atoms with Gasteiger partial charge < -0.3 is 25.6 Å². The number of hydrogen-bond donors (Lipinski definition) is 3. The van der Waals surface area contributed by atoms with Crippen LogP contribution >= 0.6 is 0 Å². The minimum atomic E-state index is -3.16. The summed E-state index contributed by atoms with van der Waals surface area (Å²) < 4.78 is 65.8. The molecule has 16 heteroatoms. The van der Waals surface area contributed by atoms with E-state index in [-0.39, 0.29) is 36.7 Å². The molecule has 1 aliphatic heterocycles. The zero-order chi connectivity index (χ0) is 29.8. The van der Waals surface area contributed by atoms with Crippen molar-refractivity contribution in [3.63, 3.8) is 0 Å². The Hall–Kier alpha value is -3.82. The molecule has 0 unspecified atom stereocenters. The number of aromatic nitrogens is 3. The van der Waals surface area contributed by atoms with E-state index in [0.29, 0.717) is 12.0 Å². The molecule has 12 nitrogen and oxygen atoms in total. The number of halogens is 4. The smallest absolute Gasteiger partial charge is 0.318 e. The monoisotopic (exact) mass is 585 g/mol. The molecule has 1 saturated heterocycles. The SMILES string of the molecule is CCc1nonc1C(=O)N[C@@H](C(=O)Nc1cc([C@@H](COC)N2CC(F)(F)CNC2=O)ccn1)C1CCC(F)(F)CC1. The highest BCUT2D eigenvalue weighted by molar-refractivity contribution is 6.00. The van der Waals surface area contributed by atoms with Gasteiger partial charge in [0.05, 0.1) is 25.7 Å². The van der Waals surface area contributed by atoms with Crippen LogP contribution in [0.25, 0.3) is 0 Å². The molecule has 2 aromatic rings. The molecule has 2 aliphatic rings. The molecule has 0 spiro atoms. The predicted molar refractivity (Wildman–Crippen MR) is 134 cm³/mol. The summed E-state index contributed by atoms with van der Waals surface area (Å²) in [5.74, 6) is -8.12. The number of alkyl halides is 4. The van der Waals surface area contributed by atoms with Crippen molar-refractivity contribution in [2.24, 2.45) is 5.92 Å². The van der Waals surface area contributed by atoms with Crippen LogP contribution in [0.3, 0.4) is 0 Å². The molecule has 1 saturated carbocycles. The zero-order valence-electron chi connectivity index (χ0n) is 22.5. The molecule has 2 aromatic heterocycles. The van der Waals surface area contributed by atoms with E-state index in [1.54, 1.807) is 6.92 Å². The van der Waals surface area contributed by atoms with Crippen LogP contribution in [0, 0.1) is 5.92 Å². The van der Waals surface area contributed by atoms with Gasteiger partial charge in [0.1, 0.15) is 17.6 Å². The molecule has 4 rings (SSSR count). The van der Waals surface area contributed by atoms with Gasteiger partial charge in [-0.15, -0.1) is 0 Å². The van der Waals surface area contributed by atoms with E-state index in [2.05, 4.69) is 35.9 Å². The van der Waals surface area contributed by atoms with Crippen molar-refractivity contribution in [2.75, 3.05) is 32.1 Å². The molecular weight excluding hydrogens is 554 g/mol. The number of carbonyl (C=O) groups is 3. The van der Waals surface area contributed by atoms with Crippen LogP contribution in [0.15, 0.2) is 23.0 Å². The Morgan fingerprint density at radius 2 is 1.95 bits per heavy atom. The fourth-order valence-corrected chi connectivity index (χ4v) is 5.00. The summed E-state index contributed by atoms with van der Waals surface area (Å²) >= 11 is 0. The van der Waals surface area contributed by atoms with Gasteiger partial charge in [-0.2, -0.15) is 0 Å². The van der Waals surface area contributed by atoms with Crippen molar-refractivity contribution in [2.45, 2.75) is 63.0 Å². The Labute approximate surface area is 232 Å². The van der Waals surface area contributed by atoms with Gasteiger partial charge in [0.25, 0.3) is 11.8 Å². The van der Waals surface area contributed by atoms with Crippen LogP contribution in [0.2, 0.25) is 0 Å². The van der Waals surface area contributed by atoms with Crippen molar-refractivity contribution in [3.8, 4) is 0 Å². The predicted octanol–water partition coefficient (Wildman–Crippen LogP) is 2.94. The first-order valence-corrected chi connectivity index (χ1v) is 13.1. The lowest BCUT2D eigenvalue weighted by Crippen LogP contribution is -2.58. The number of aryl methyl sites for hydroxylation is 1. The van der Waals surface area contributed by atoms with Gasteiger partial charge >= 0.3 is 6.03 Å². The number of hydrogen-bond acceptors (Lipinski definition) is 8. The lowest BCUT2D eigenvalue weighted by molar-refractivity contribution is -0.121. The first-order valence-electron chi connectivity index (χ1n) is 13.1. The molecule has 0 radical (unpaired) electrons. The second-order valence-electron chi connectivity index (χ2n) is 10.1. The number of carbonyl (C=O) groups excluding carboxylic acids is 3.